The lowest BCUT2D eigenvalue weighted by molar-refractivity contribution is -0.147. The van der Waals surface area contributed by atoms with E-state index in [1.165, 1.54) is 12.1 Å². The van der Waals surface area contributed by atoms with Crippen LogP contribution in [0.25, 0.3) is 0 Å². The molecule has 2 aromatic carbocycles. The van der Waals surface area contributed by atoms with E-state index in [0.29, 0.717) is 21.8 Å². The summed E-state index contributed by atoms with van der Waals surface area (Å²) in [5.74, 6) is -2.22. The number of nitrogens with one attached hydrogen (secondary N) is 1. The Hall–Kier alpha value is -2.90. The fraction of sp³-hybridized carbons (Fsp3) is 0.200. The normalized spacial score (nSPS) is 12.7. The first kappa shape index (κ1) is 20.8. The summed E-state index contributed by atoms with van der Waals surface area (Å²) in [6.07, 6.45) is -0.227. The van der Waals surface area contributed by atoms with Crippen LogP contribution in [0.15, 0.2) is 36.4 Å². The molecule has 1 aliphatic rings. The molecule has 0 atom stereocenters. The fourth-order valence-electron chi connectivity index (χ4n) is 2.81. The topological polar surface area (TPSA) is 92.8 Å². The smallest absolute Gasteiger partial charge is 0.308 e. The van der Waals surface area contributed by atoms with Crippen LogP contribution in [0.1, 0.15) is 32.7 Å². The zero-order valence-electron chi connectivity index (χ0n) is 15.3. The van der Waals surface area contributed by atoms with Crippen LogP contribution in [0.4, 0.5) is 5.69 Å². The Morgan fingerprint density at radius 3 is 2.52 bits per heavy atom. The van der Waals surface area contributed by atoms with Gasteiger partial charge in [0.05, 0.1) is 28.3 Å². The summed E-state index contributed by atoms with van der Waals surface area (Å²) in [7, 11) is 0. The molecule has 0 radical (unpaired) electrons. The van der Waals surface area contributed by atoms with E-state index in [0.717, 1.165) is 10.5 Å². The molecule has 3 rings (SSSR count). The minimum Gasteiger partial charge on any atom is -0.456 e. The maximum absolute atomic E-state index is 12.4. The van der Waals surface area contributed by atoms with Gasteiger partial charge >= 0.3 is 5.97 Å². The summed E-state index contributed by atoms with van der Waals surface area (Å²) in [6.45, 7) is 1.15. The van der Waals surface area contributed by atoms with Crippen molar-refractivity contribution in [2.24, 2.45) is 0 Å². The van der Waals surface area contributed by atoms with Crippen molar-refractivity contribution in [3.05, 3.63) is 63.1 Å². The van der Waals surface area contributed by atoms with E-state index < -0.39 is 30.3 Å². The summed E-state index contributed by atoms with van der Waals surface area (Å²) in [5.41, 5.74) is 1.78. The van der Waals surface area contributed by atoms with Gasteiger partial charge in [-0.1, -0.05) is 34.8 Å². The summed E-state index contributed by atoms with van der Waals surface area (Å²) in [4.78, 5) is 49.5. The Morgan fingerprint density at radius 2 is 1.76 bits per heavy atom. The Bertz CT molecular complexity index is 1020. The molecule has 150 valence electrons. The first-order valence-electron chi connectivity index (χ1n) is 8.63. The highest BCUT2D eigenvalue weighted by molar-refractivity contribution is 6.35. The lowest BCUT2D eigenvalue weighted by Gasteiger charge is -2.13. The van der Waals surface area contributed by atoms with Gasteiger partial charge in [-0.15, -0.1) is 0 Å². The third-order valence-electron chi connectivity index (χ3n) is 4.23. The van der Waals surface area contributed by atoms with E-state index in [-0.39, 0.29) is 18.0 Å². The summed E-state index contributed by atoms with van der Waals surface area (Å²) in [5, 5.41) is 3.16. The molecule has 0 unspecified atom stereocenters. The van der Waals surface area contributed by atoms with E-state index in [1.807, 2.05) is 6.92 Å². The van der Waals surface area contributed by atoms with E-state index in [9.17, 15) is 19.2 Å². The zero-order chi connectivity index (χ0) is 21.1. The number of imide groups is 1. The number of esters is 1. The second-order valence-corrected chi connectivity index (χ2v) is 7.24. The molecular weight excluding hydrogens is 419 g/mol. The van der Waals surface area contributed by atoms with Crippen LogP contribution in [0, 0.1) is 6.92 Å². The zero-order valence-corrected chi connectivity index (χ0v) is 16.8. The van der Waals surface area contributed by atoms with Crippen molar-refractivity contribution in [3.63, 3.8) is 0 Å². The predicted octanol–water partition coefficient (Wildman–Crippen LogP) is 3.47. The van der Waals surface area contributed by atoms with Crippen molar-refractivity contribution in [1.29, 1.82) is 0 Å². The third-order valence-corrected chi connectivity index (χ3v) is 4.80. The number of amides is 3. The van der Waals surface area contributed by atoms with Gasteiger partial charge in [0.1, 0.15) is 0 Å². The van der Waals surface area contributed by atoms with Crippen LogP contribution >= 0.6 is 23.2 Å². The van der Waals surface area contributed by atoms with Crippen molar-refractivity contribution in [1.82, 2.24) is 4.90 Å². The van der Waals surface area contributed by atoms with Crippen molar-refractivity contribution in [2.75, 3.05) is 18.5 Å². The highest BCUT2D eigenvalue weighted by atomic mass is 35.5. The molecule has 0 spiro atoms. The van der Waals surface area contributed by atoms with Gasteiger partial charge < -0.3 is 10.1 Å². The monoisotopic (exact) mass is 434 g/mol. The molecule has 0 saturated heterocycles. The highest BCUT2D eigenvalue weighted by Gasteiger charge is 2.35. The van der Waals surface area contributed by atoms with Gasteiger partial charge in [0, 0.05) is 11.6 Å². The number of fused-ring (bicyclic) bond motifs is 1. The third kappa shape index (κ3) is 4.75. The minimum absolute atomic E-state index is 0.133. The molecule has 2 aromatic rings. The van der Waals surface area contributed by atoms with E-state index in [2.05, 4.69) is 5.32 Å². The summed E-state index contributed by atoms with van der Waals surface area (Å²) in [6, 6.07) is 9.53. The number of hydrogen-bond donors (Lipinski definition) is 1. The van der Waals surface area contributed by atoms with Gasteiger partial charge in [-0.2, -0.15) is 0 Å². The van der Waals surface area contributed by atoms with Gasteiger partial charge in [-0.3, -0.25) is 24.1 Å². The Kier molecular flexibility index (Phi) is 6.20. The summed E-state index contributed by atoms with van der Waals surface area (Å²) < 4.78 is 4.90. The fourth-order valence-corrected chi connectivity index (χ4v) is 3.15. The predicted molar refractivity (Wildman–Crippen MR) is 107 cm³/mol. The maximum atomic E-state index is 12.4. The quantitative estimate of drug-likeness (QED) is 0.554. The number of ether oxygens (including phenoxy) is 1. The van der Waals surface area contributed by atoms with Crippen LogP contribution in [-0.4, -0.2) is 41.7 Å². The van der Waals surface area contributed by atoms with Gasteiger partial charge in [-0.25, -0.2) is 0 Å². The van der Waals surface area contributed by atoms with Crippen molar-refractivity contribution < 1.29 is 23.9 Å². The number of anilines is 1. The van der Waals surface area contributed by atoms with Crippen LogP contribution in [0.3, 0.4) is 0 Å². The van der Waals surface area contributed by atoms with Crippen molar-refractivity contribution >= 4 is 52.6 Å². The molecule has 0 aliphatic carbocycles. The van der Waals surface area contributed by atoms with Crippen molar-refractivity contribution in [2.45, 2.75) is 13.3 Å². The van der Waals surface area contributed by atoms with Crippen LogP contribution < -0.4 is 5.32 Å². The Balaban J connectivity index is 1.49. The van der Waals surface area contributed by atoms with Gasteiger partial charge in [0.15, 0.2) is 6.61 Å². The number of carbonyl (C=O) groups is 4. The highest BCUT2D eigenvalue weighted by Crippen LogP contribution is 2.25. The molecule has 3 amide bonds. The summed E-state index contributed by atoms with van der Waals surface area (Å²) >= 11 is 11.8. The SMILES string of the molecule is Cc1ccc2c(c1)C(=O)N(CCC(=O)OCC(=O)Nc1cc(Cl)ccc1Cl)C2=O. The standard InChI is InChI=1S/C20H16Cl2N2O5/c1-11-2-4-13-14(8-11)20(28)24(19(13)27)7-6-18(26)29-10-17(25)23-16-9-12(21)3-5-15(16)22/h2-5,8-9H,6-7,10H2,1H3,(H,23,25). The Labute approximate surface area is 176 Å². The number of aryl methyl sites for hydroxylation is 1. The minimum atomic E-state index is -0.718. The maximum Gasteiger partial charge on any atom is 0.308 e. The Morgan fingerprint density at radius 1 is 1.03 bits per heavy atom. The van der Waals surface area contributed by atoms with Gasteiger partial charge in [0.25, 0.3) is 17.7 Å². The second-order valence-electron chi connectivity index (χ2n) is 6.39. The lowest BCUT2D eigenvalue weighted by Crippen LogP contribution is -2.32. The average Bonchev–Trinajstić information content (AvgIpc) is 2.91. The number of hydrogen-bond acceptors (Lipinski definition) is 5. The molecular formula is C20H16Cl2N2O5. The molecule has 1 aliphatic heterocycles. The first-order chi connectivity index (χ1) is 13.8. The van der Waals surface area contributed by atoms with E-state index >= 15 is 0 Å². The van der Waals surface area contributed by atoms with Crippen LogP contribution in [0.5, 0.6) is 0 Å². The average molecular weight is 435 g/mol. The molecule has 1 N–H and O–H groups in total. The van der Waals surface area contributed by atoms with E-state index in [1.54, 1.807) is 24.3 Å². The van der Waals surface area contributed by atoms with Gasteiger partial charge in [-0.05, 0) is 37.3 Å². The number of benzene rings is 2. The van der Waals surface area contributed by atoms with Crippen molar-refractivity contribution in [3.8, 4) is 0 Å². The molecule has 29 heavy (non-hydrogen) atoms. The van der Waals surface area contributed by atoms with Crippen LogP contribution in [-0.2, 0) is 14.3 Å². The second kappa shape index (κ2) is 8.63. The molecule has 0 aromatic heterocycles. The van der Waals surface area contributed by atoms with Crippen LogP contribution in [0.2, 0.25) is 10.0 Å². The number of carbonyl (C=O) groups excluding carboxylic acids is 4. The molecule has 1 heterocycles. The lowest BCUT2D eigenvalue weighted by atomic mass is 10.1. The number of rotatable bonds is 6. The molecule has 0 bridgehead atoms. The number of nitrogens with zero attached hydrogens (tertiary/aromatic N) is 1. The molecule has 0 fully saturated rings. The number of halogens is 2. The molecule has 0 saturated carbocycles. The van der Waals surface area contributed by atoms with Gasteiger partial charge in [0.2, 0.25) is 0 Å². The molecule has 9 heteroatoms. The largest absolute Gasteiger partial charge is 0.456 e. The van der Waals surface area contributed by atoms with E-state index in [4.69, 9.17) is 27.9 Å². The molecule has 7 nitrogen and oxygen atoms in total. The first-order valence-corrected chi connectivity index (χ1v) is 9.39.